The van der Waals surface area contributed by atoms with Crippen LogP contribution in [-0.2, 0) is 16.0 Å². The van der Waals surface area contributed by atoms with Crippen molar-refractivity contribution in [1.29, 1.82) is 0 Å². The third-order valence-corrected chi connectivity index (χ3v) is 4.66. The number of amides is 1. The van der Waals surface area contributed by atoms with Gasteiger partial charge in [-0.3, -0.25) is 4.79 Å². The molecule has 2 rings (SSSR count). The van der Waals surface area contributed by atoms with E-state index < -0.39 is 5.97 Å². The molecule has 1 N–H and O–H groups in total. The van der Waals surface area contributed by atoms with Crippen molar-refractivity contribution in [3.05, 3.63) is 58.1 Å². The van der Waals surface area contributed by atoms with Gasteiger partial charge in [0.15, 0.2) is 0 Å². The van der Waals surface area contributed by atoms with Gasteiger partial charge in [-0.05, 0) is 36.5 Å². The Labute approximate surface area is 171 Å². The molecular formula is C22H26ClNO4. The van der Waals surface area contributed by atoms with Crippen LogP contribution in [0.15, 0.2) is 36.4 Å². The number of halogens is 1. The Morgan fingerprint density at radius 3 is 2.39 bits per heavy atom. The number of rotatable bonds is 8. The molecule has 0 fully saturated rings. The summed E-state index contributed by atoms with van der Waals surface area (Å²) in [5.41, 5.74) is 2.99. The summed E-state index contributed by atoms with van der Waals surface area (Å²) in [5.74, 6) is 0.0826. The Morgan fingerprint density at radius 1 is 1.14 bits per heavy atom. The molecule has 28 heavy (non-hydrogen) atoms. The van der Waals surface area contributed by atoms with Gasteiger partial charge < -0.3 is 14.8 Å². The summed E-state index contributed by atoms with van der Waals surface area (Å²) in [4.78, 5) is 24.3. The number of methoxy groups -OCH3 is 1. The standard InChI is InChI=1S/C22H26ClNO4/c1-5-28-22(26)17-12-18(23)19(13-20(17)27-4)24-21(25)11-8-15-6-9-16(10-7-15)14(2)3/h6-7,9-10,12-14H,5,8,11H2,1-4H3,(H,24,25). The van der Waals surface area contributed by atoms with E-state index in [1.807, 2.05) is 12.1 Å². The summed E-state index contributed by atoms with van der Waals surface area (Å²) in [6.45, 7) is 6.26. The van der Waals surface area contributed by atoms with Gasteiger partial charge in [0, 0.05) is 12.5 Å². The number of anilines is 1. The van der Waals surface area contributed by atoms with Gasteiger partial charge in [-0.1, -0.05) is 49.7 Å². The number of ether oxygens (including phenoxy) is 2. The Morgan fingerprint density at radius 2 is 1.82 bits per heavy atom. The highest BCUT2D eigenvalue weighted by atomic mass is 35.5. The number of benzene rings is 2. The number of esters is 1. The van der Waals surface area contributed by atoms with E-state index in [9.17, 15) is 9.59 Å². The minimum atomic E-state index is -0.524. The maximum absolute atomic E-state index is 12.3. The molecule has 0 atom stereocenters. The van der Waals surface area contributed by atoms with Crippen molar-refractivity contribution in [1.82, 2.24) is 0 Å². The highest BCUT2D eigenvalue weighted by Gasteiger charge is 2.18. The fourth-order valence-corrected chi connectivity index (χ4v) is 2.94. The first-order valence-corrected chi connectivity index (χ1v) is 9.66. The second-order valence-electron chi connectivity index (χ2n) is 6.70. The summed E-state index contributed by atoms with van der Waals surface area (Å²) in [5, 5.41) is 3.03. The predicted molar refractivity (Wildman–Crippen MR) is 111 cm³/mol. The minimum absolute atomic E-state index is 0.166. The third kappa shape index (κ3) is 5.73. The summed E-state index contributed by atoms with van der Waals surface area (Å²) < 4.78 is 10.2. The van der Waals surface area contributed by atoms with Gasteiger partial charge in [-0.25, -0.2) is 4.79 Å². The Bertz CT molecular complexity index is 831. The molecule has 2 aromatic carbocycles. The number of hydrogen-bond donors (Lipinski definition) is 1. The monoisotopic (exact) mass is 403 g/mol. The van der Waals surface area contributed by atoms with E-state index in [-0.39, 0.29) is 23.1 Å². The molecule has 0 heterocycles. The van der Waals surface area contributed by atoms with E-state index in [1.165, 1.54) is 24.8 Å². The molecule has 0 aromatic heterocycles. The zero-order chi connectivity index (χ0) is 20.7. The minimum Gasteiger partial charge on any atom is -0.496 e. The smallest absolute Gasteiger partial charge is 0.341 e. The van der Waals surface area contributed by atoms with E-state index in [1.54, 1.807) is 6.92 Å². The first-order chi connectivity index (χ1) is 13.3. The van der Waals surface area contributed by atoms with Gasteiger partial charge in [-0.15, -0.1) is 0 Å². The molecular weight excluding hydrogens is 378 g/mol. The molecule has 0 radical (unpaired) electrons. The van der Waals surface area contributed by atoms with Crippen LogP contribution in [-0.4, -0.2) is 25.6 Å². The molecule has 0 saturated carbocycles. The van der Waals surface area contributed by atoms with Crippen molar-refractivity contribution in [2.24, 2.45) is 0 Å². The first-order valence-electron chi connectivity index (χ1n) is 9.29. The zero-order valence-electron chi connectivity index (χ0n) is 16.7. The fraction of sp³-hybridized carbons (Fsp3) is 0.364. The van der Waals surface area contributed by atoms with E-state index in [2.05, 4.69) is 31.3 Å². The normalized spacial score (nSPS) is 10.6. The average molecular weight is 404 g/mol. The second kappa shape index (κ2) is 10.1. The van der Waals surface area contributed by atoms with Crippen LogP contribution in [0.1, 0.15) is 54.6 Å². The Balaban J connectivity index is 2.03. The highest BCUT2D eigenvalue weighted by molar-refractivity contribution is 6.34. The van der Waals surface area contributed by atoms with Crippen molar-refractivity contribution >= 4 is 29.2 Å². The van der Waals surface area contributed by atoms with Crippen LogP contribution in [0, 0.1) is 0 Å². The third-order valence-electron chi connectivity index (χ3n) is 4.35. The highest BCUT2D eigenvalue weighted by Crippen LogP contribution is 2.31. The molecule has 150 valence electrons. The fourth-order valence-electron chi connectivity index (χ4n) is 2.73. The summed E-state index contributed by atoms with van der Waals surface area (Å²) in [6.07, 6.45) is 0.944. The molecule has 0 aliphatic rings. The molecule has 0 spiro atoms. The molecule has 0 unspecified atom stereocenters. The van der Waals surface area contributed by atoms with E-state index in [4.69, 9.17) is 21.1 Å². The molecule has 6 heteroatoms. The first kappa shape index (κ1) is 21.8. The Hall–Kier alpha value is -2.53. The average Bonchev–Trinajstić information content (AvgIpc) is 2.68. The maximum atomic E-state index is 12.3. The number of aryl methyl sites for hydroxylation is 1. The lowest BCUT2D eigenvalue weighted by Crippen LogP contribution is -2.14. The lowest BCUT2D eigenvalue weighted by Gasteiger charge is -2.13. The van der Waals surface area contributed by atoms with E-state index in [0.717, 1.165) is 5.56 Å². The molecule has 5 nitrogen and oxygen atoms in total. The van der Waals surface area contributed by atoms with E-state index >= 15 is 0 Å². The SMILES string of the molecule is CCOC(=O)c1cc(Cl)c(NC(=O)CCc2ccc(C(C)C)cc2)cc1OC. The zero-order valence-corrected chi connectivity index (χ0v) is 17.4. The van der Waals surface area contributed by atoms with Crippen LogP contribution in [0.4, 0.5) is 5.69 Å². The van der Waals surface area contributed by atoms with Gasteiger partial charge in [0.1, 0.15) is 11.3 Å². The van der Waals surface area contributed by atoms with Crippen LogP contribution in [0.3, 0.4) is 0 Å². The Kier molecular flexibility index (Phi) is 7.88. The summed E-state index contributed by atoms with van der Waals surface area (Å²) in [6, 6.07) is 11.3. The number of hydrogen-bond acceptors (Lipinski definition) is 4. The van der Waals surface area contributed by atoms with Crippen LogP contribution >= 0.6 is 11.6 Å². The molecule has 1 amide bonds. The van der Waals surface area contributed by atoms with Crippen LogP contribution in [0.25, 0.3) is 0 Å². The van der Waals surface area contributed by atoms with Crippen LogP contribution < -0.4 is 10.1 Å². The van der Waals surface area contributed by atoms with Crippen molar-refractivity contribution in [2.45, 2.75) is 39.5 Å². The van der Waals surface area contributed by atoms with Gasteiger partial charge >= 0.3 is 5.97 Å². The molecule has 2 aromatic rings. The molecule has 0 saturated heterocycles. The second-order valence-corrected chi connectivity index (χ2v) is 7.10. The van der Waals surface area contributed by atoms with Gasteiger partial charge in [0.2, 0.25) is 5.91 Å². The summed E-state index contributed by atoms with van der Waals surface area (Å²) >= 11 is 6.23. The predicted octanol–water partition coefficient (Wildman–Crippen LogP) is 5.22. The topological polar surface area (TPSA) is 64.6 Å². The van der Waals surface area contributed by atoms with Gasteiger partial charge in [0.05, 0.1) is 24.4 Å². The largest absolute Gasteiger partial charge is 0.496 e. The molecule has 0 aliphatic carbocycles. The quantitative estimate of drug-likeness (QED) is 0.613. The van der Waals surface area contributed by atoms with Crippen LogP contribution in [0.5, 0.6) is 5.75 Å². The number of carbonyl (C=O) groups excluding carboxylic acids is 2. The van der Waals surface area contributed by atoms with Gasteiger partial charge in [-0.2, -0.15) is 0 Å². The van der Waals surface area contributed by atoms with Gasteiger partial charge in [0.25, 0.3) is 0 Å². The number of nitrogens with one attached hydrogen (secondary N) is 1. The lowest BCUT2D eigenvalue weighted by atomic mass is 10.0. The van der Waals surface area contributed by atoms with Crippen molar-refractivity contribution in [3.8, 4) is 5.75 Å². The summed E-state index contributed by atoms with van der Waals surface area (Å²) in [7, 11) is 1.44. The van der Waals surface area contributed by atoms with E-state index in [0.29, 0.717) is 30.2 Å². The van der Waals surface area contributed by atoms with Crippen molar-refractivity contribution < 1.29 is 19.1 Å². The van der Waals surface area contributed by atoms with Crippen molar-refractivity contribution in [2.75, 3.05) is 19.0 Å². The van der Waals surface area contributed by atoms with Crippen LogP contribution in [0.2, 0.25) is 5.02 Å². The number of carbonyl (C=O) groups is 2. The lowest BCUT2D eigenvalue weighted by molar-refractivity contribution is -0.116. The van der Waals surface area contributed by atoms with Crippen molar-refractivity contribution in [3.63, 3.8) is 0 Å². The molecule has 0 bridgehead atoms. The maximum Gasteiger partial charge on any atom is 0.341 e. The molecule has 0 aliphatic heterocycles.